The lowest BCUT2D eigenvalue weighted by Gasteiger charge is -2.18. The number of thiazole rings is 1. The van der Waals surface area contributed by atoms with Gasteiger partial charge in [-0.2, -0.15) is 0 Å². The molecule has 6 nitrogen and oxygen atoms in total. The van der Waals surface area contributed by atoms with E-state index in [4.69, 9.17) is 14.2 Å². The van der Waals surface area contributed by atoms with Crippen LogP contribution in [0.3, 0.4) is 0 Å². The van der Waals surface area contributed by atoms with E-state index in [1.165, 1.54) is 11.3 Å². The molecule has 0 atom stereocenters. The quantitative estimate of drug-likeness (QED) is 0.554. The van der Waals surface area contributed by atoms with Crippen LogP contribution in [0.5, 0.6) is 17.2 Å². The third-order valence-electron chi connectivity index (χ3n) is 4.45. The Hall–Kier alpha value is -3.06. The van der Waals surface area contributed by atoms with Gasteiger partial charge in [0.25, 0.3) is 5.91 Å². The first-order valence-electron chi connectivity index (χ1n) is 9.62. The van der Waals surface area contributed by atoms with E-state index in [-0.39, 0.29) is 5.91 Å². The highest BCUT2D eigenvalue weighted by Gasteiger charge is 2.15. The second-order valence-corrected chi connectivity index (χ2v) is 7.43. The maximum atomic E-state index is 12.5. The topological polar surface area (TPSA) is 69.7 Å². The second-order valence-electron chi connectivity index (χ2n) is 6.58. The maximum absolute atomic E-state index is 12.5. The Balaban J connectivity index is 1.40. The van der Waals surface area contributed by atoms with Crippen molar-refractivity contribution in [3.8, 4) is 28.5 Å². The number of unbranched alkanes of at least 4 members (excludes halogenated alkanes) is 1. The van der Waals surface area contributed by atoms with Crippen LogP contribution in [0.4, 0.5) is 5.13 Å². The van der Waals surface area contributed by atoms with Gasteiger partial charge in [0.1, 0.15) is 19.0 Å². The number of benzene rings is 2. The van der Waals surface area contributed by atoms with Crippen molar-refractivity contribution in [3.05, 3.63) is 53.4 Å². The molecule has 7 heteroatoms. The Bertz CT molecular complexity index is 985. The SMILES string of the molecule is CCCCOc1ccc(C(=O)Nc2nc(-c3ccc4c(c3)OCCO4)cs2)cc1. The first kappa shape index (κ1) is 19.3. The number of fused-ring (bicyclic) bond motifs is 1. The minimum Gasteiger partial charge on any atom is -0.494 e. The summed E-state index contributed by atoms with van der Waals surface area (Å²) in [6.45, 7) is 3.90. The molecular weight excluding hydrogens is 388 g/mol. The number of carbonyl (C=O) groups excluding carboxylic acids is 1. The van der Waals surface area contributed by atoms with E-state index in [1.54, 1.807) is 12.1 Å². The molecule has 0 spiro atoms. The number of anilines is 1. The molecule has 0 radical (unpaired) electrons. The number of aromatic nitrogens is 1. The Morgan fingerprint density at radius 2 is 1.93 bits per heavy atom. The summed E-state index contributed by atoms with van der Waals surface area (Å²) in [6, 6.07) is 12.9. The Kier molecular flexibility index (Phi) is 5.95. The van der Waals surface area contributed by atoms with Gasteiger partial charge >= 0.3 is 0 Å². The first-order valence-corrected chi connectivity index (χ1v) is 10.5. The summed E-state index contributed by atoms with van der Waals surface area (Å²) in [7, 11) is 0. The molecule has 1 amide bonds. The van der Waals surface area contributed by atoms with Gasteiger partial charge in [0.05, 0.1) is 12.3 Å². The molecule has 0 unspecified atom stereocenters. The zero-order valence-electron chi connectivity index (χ0n) is 16.1. The van der Waals surface area contributed by atoms with E-state index >= 15 is 0 Å². The highest BCUT2D eigenvalue weighted by Crippen LogP contribution is 2.35. The molecule has 0 saturated carbocycles. The molecule has 3 aromatic rings. The lowest BCUT2D eigenvalue weighted by Crippen LogP contribution is -2.15. The summed E-state index contributed by atoms with van der Waals surface area (Å²) < 4.78 is 16.8. The summed E-state index contributed by atoms with van der Waals surface area (Å²) in [4.78, 5) is 17.0. The van der Waals surface area contributed by atoms with Gasteiger partial charge < -0.3 is 14.2 Å². The molecule has 0 saturated heterocycles. The van der Waals surface area contributed by atoms with Gasteiger partial charge in [0.2, 0.25) is 0 Å². The molecular formula is C22H22N2O4S. The molecule has 0 aliphatic carbocycles. The zero-order valence-corrected chi connectivity index (χ0v) is 17.0. The molecule has 4 rings (SSSR count). The zero-order chi connectivity index (χ0) is 20.1. The standard InChI is InChI=1S/C22H22N2O4S/c1-2-3-10-26-17-7-4-15(5-8-17)21(25)24-22-23-18(14-29-22)16-6-9-19-20(13-16)28-12-11-27-19/h4-9,13-14H,2-3,10-12H2,1H3,(H,23,24,25). The Morgan fingerprint density at radius 3 is 2.72 bits per heavy atom. The van der Waals surface area contributed by atoms with Crippen LogP contribution < -0.4 is 19.5 Å². The summed E-state index contributed by atoms with van der Waals surface area (Å²) in [5, 5.41) is 5.31. The molecule has 1 aliphatic heterocycles. The van der Waals surface area contributed by atoms with Crippen molar-refractivity contribution < 1.29 is 19.0 Å². The fraction of sp³-hybridized carbons (Fsp3) is 0.273. The van der Waals surface area contributed by atoms with Crippen LogP contribution in [0.15, 0.2) is 47.8 Å². The van der Waals surface area contributed by atoms with E-state index in [0.717, 1.165) is 35.6 Å². The van der Waals surface area contributed by atoms with E-state index < -0.39 is 0 Å². The van der Waals surface area contributed by atoms with Crippen LogP contribution >= 0.6 is 11.3 Å². The van der Waals surface area contributed by atoms with Crippen molar-refractivity contribution in [2.24, 2.45) is 0 Å². The summed E-state index contributed by atoms with van der Waals surface area (Å²) >= 11 is 1.38. The minimum absolute atomic E-state index is 0.201. The van der Waals surface area contributed by atoms with E-state index in [1.807, 2.05) is 35.7 Å². The lowest BCUT2D eigenvalue weighted by molar-refractivity contribution is 0.102. The third-order valence-corrected chi connectivity index (χ3v) is 5.20. The monoisotopic (exact) mass is 410 g/mol. The fourth-order valence-corrected chi connectivity index (χ4v) is 3.59. The van der Waals surface area contributed by atoms with Gasteiger partial charge in [0, 0.05) is 16.5 Å². The van der Waals surface area contributed by atoms with Crippen molar-refractivity contribution >= 4 is 22.4 Å². The van der Waals surface area contributed by atoms with Crippen LogP contribution in [-0.4, -0.2) is 30.7 Å². The Labute approximate surface area is 173 Å². The van der Waals surface area contributed by atoms with Gasteiger partial charge in [-0.15, -0.1) is 11.3 Å². The highest BCUT2D eigenvalue weighted by molar-refractivity contribution is 7.14. The molecule has 0 fully saturated rings. The van der Waals surface area contributed by atoms with Crippen molar-refractivity contribution in [2.45, 2.75) is 19.8 Å². The van der Waals surface area contributed by atoms with E-state index in [0.29, 0.717) is 36.3 Å². The predicted molar refractivity (Wildman–Crippen MR) is 113 cm³/mol. The Morgan fingerprint density at radius 1 is 1.14 bits per heavy atom. The summed E-state index contributed by atoms with van der Waals surface area (Å²) in [5.74, 6) is 2.03. The van der Waals surface area contributed by atoms with E-state index in [2.05, 4.69) is 17.2 Å². The van der Waals surface area contributed by atoms with Gasteiger partial charge in [-0.1, -0.05) is 13.3 Å². The van der Waals surface area contributed by atoms with Crippen molar-refractivity contribution in [3.63, 3.8) is 0 Å². The van der Waals surface area contributed by atoms with Crippen LogP contribution in [0, 0.1) is 0 Å². The number of nitrogens with zero attached hydrogens (tertiary/aromatic N) is 1. The van der Waals surface area contributed by atoms with Crippen molar-refractivity contribution in [1.29, 1.82) is 0 Å². The van der Waals surface area contributed by atoms with Crippen molar-refractivity contribution in [1.82, 2.24) is 4.98 Å². The van der Waals surface area contributed by atoms with Gasteiger partial charge in [0.15, 0.2) is 16.6 Å². The fourth-order valence-electron chi connectivity index (χ4n) is 2.87. The van der Waals surface area contributed by atoms with Crippen LogP contribution in [-0.2, 0) is 0 Å². The average Bonchev–Trinajstić information content (AvgIpc) is 3.22. The van der Waals surface area contributed by atoms with Crippen LogP contribution in [0.25, 0.3) is 11.3 Å². The lowest BCUT2D eigenvalue weighted by atomic mass is 10.1. The van der Waals surface area contributed by atoms with Crippen molar-refractivity contribution in [2.75, 3.05) is 25.1 Å². The first-order chi connectivity index (χ1) is 14.2. The molecule has 29 heavy (non-hydrogen) atoms. The number of ether oxygens (including phenoxy) is 3. The molecule has 150 valence electrons. The largest absolute Gasteiger partial charge is 0.494 e. The van der Waals surface area contributed by atoms with Gasteiger partial charge in [-0.3, -0.25) is 10.1 Å². The number of nitrogens with one attached hydrogen (secondary N) is 1. The maximum Gasteiger partial charge on any atom is 0.257 e. The summed E-state index contributed by atoms with van der Waals surface area (Å²) in [6.07, 6.45) is 2.10. The molecule has 0 bridgehead atoms. The smallest absolute Gasteiger partial charge is 0.257 e. The highest BCUT2D eigenvalue weighted by atomic mass is 32.1. The minimum atomic E-state index is -0.201. The number of hydrogen-bond acceptors (Lipinski definition) is 6. The van der Waals surface area contributed by atoms with Crippen LogP contribution in [0.2, 0.25) is 0 Å². The molecule has 2 aromatic carbocycles. The predicted octanol–water partition coefficient (Wildman–Crippen LogP) is 5.01. The molecule has 1 aliphatic rings. The number of carbonyl (C=O) groups is 1. The third kappa shape index (κ3) is 4.68. The normalized spacial score (nSPS) is 12.4. The number of hydrogen-bond donors (Lipinski definition) is 1. The second kappa shape index (κ2) is 8.96. The summed E-state index contributed by atoms with van der Waals surface area (Å²) in [5.41, 5.74) is 2.26. The van der Waals surface area contributed by atoms with Crippen LogP contribution in [0.1, 0.15) is 30.1 Å². The van der Waals surface area contributed by atoms with Gasteiger partial charge in [-0.25, -0.2) is 4.98 Å². The number of amides is 1. The molecule has 1 N–H and O–H groups in total. The van der Waals surface area contributed by atoms with E-state index in [9.17, 15) is 4.79 Å². The molecule has 2 heterocycles. The molecule has 1 aromatic heterocycles. The van der Waals surface area contributed by atoms with Gasteiger partial charge in [-0.05, 0) is 48.9 Å². The average molecular weight is 410 g/mol. The number of rotatable bonds is 7.